The van der Waals surface area contributed by atoms with E-state index in [1.165, 1.54) is 6.92 Å². The maximum absolute atomic E-state index is 11.0. The predicted octanol–water partition coefficient (Wildman–Crippen LogP) is 4.03. The van der Waals surface area contributed by atoms with Crippen LogP contribution in [0.2, 0.25) is 0 Å². The van der Waals surface area contributed by atoms with E-state index in [4.69, 9.17) is 4.74 Å². The van der Waals surface area contributed by atoms with Gasteiger partial charge in [-0.3, -0.25) is 4.79 Å². The van der Waals surface area contributed by atoms with Crippen molar-refractivity contribution in [3.05, 3.63) is 52.5 Å². The van der Waals surface area contributed by atoms with Gasteiger partial charge >= 0.3 is 0 Å². The molecule has 2 aromatic carbocycles. The highest BCUT2D eigenvalue weighted by Gasteiger charge is 2.04. The average Bonchev–Trinajstić information content (AvgIpc) is 2.46. The number of rotatable bonds is 5. The minimum atomic E-state index is -0.0745. The van der Waals surface area contributed by atoms with Crippen LogP contribution < -0.4 is 15.4 Å². The number of hydrogen-bond acceptors (Lipinski definition) is 3. The van der Waals surface area contributed by atoms with E-state index in [0.29, 0.717) is 6.54 Å². The van der Waals surface area contributed by atoms with Crippen LogP contribution in [0.15, 0.2) is 46.9 Å². The highest BCUT2D eigenvalue weighted by atomic mass is 79.9. The second-order valence-corrected chi connectivity index (χ2v) is 5.48. The molecule has 0 atom stereocenters. The highest BCUT2D eigenvalue weighted by Crippen LogP contribution is 2.24. The fourth-order valence-electron chi connectivity index (χ4n) is 1.96. The van der Waals surface area contributed by atoms with Gasteiger partial charge in [-0.1, -0.05) is 15.9 Å². The first-order chi connectivity index (χ1) is 10.1. The van der Waals surface area contributed by atoms with Crippen molar-refractivity contribution in [3.8, 4) is 5.75 Å². The number of anilines is 2. The monoisotopic (exact) mass is 348 g/mol. The van der Waals surface area contributed by atoms with Crippen LogP contribution in [0.5, 0.6) is 5.75 Å². The van der Waals surface area contributed by atoms with Crippen molar-refractivity contribution in [3.63, 3.8) is 0 Å². The number of carbonyl (C=O) groups is 1. The van der Waals surface area contributed by atoms with Gasteiger partial charge in [0.15, 0.2) is 0 Å². The lowest BCUT2D eigenvalue weighted by atomic mass is 10.2. The molecule has 0 spiro atoms. The van der Waals surface area contributed by atoms with E-state index in [0.717, 1.165) is 27.2 Å². The molecule has 0 aliphatic heterocycles. The number of ether oxygens (including phenoxy) is 1. The van der Waals surface area contributed by atoms with Crippen molar-refractivity contribution in [2.45, 2.75) is 13.5 Å². The van der Waals surface area contributed by atoms with E-state index in [1.807, 2.05) is 42.5 Å². The Morgan fingerprint density at radius 2 is 1.81 bits per heavy atom. The smallest absolute Gasteiger partial charge is 0.221 e. The zero-order valence-electron chi connectivity index (χ0n) is 11.9. The third-order valence-electron chi connectivity index (χ3n) is 2.93. The van der Waals surface area contributed by atoms with Crippen molar-refractivity contribution in [1.29, 1.82) is 0 Å². The number of halogens is 1. The molecule has 4 nitrogen and oxygen atoms in total. The summed E-state index contributed by atoms with van der Waals surface area (Å²) in [5.41, 5.74) is 2.83. The van der Waals surface area contributed by atoms with E-state index >= 15 is 0 Å². The van der Waals surface area contributed by atoms with Crippen molar-refractivity contribution < 1.29 is 9.53 Å². The summed E-state index contributed by atoms with van der Waals surface area (Å²) in [5, 5.41) is 6.07. The van der Waals surface area contributed by atoms with E-state index in [2.05, 4.69) is 26.6 Å². The zero-order valence-corrected chi connectivity index (χ0v) is 13.5. The topological polar surface area (TPSA) is 50.4 Å². The SMILES string of the molecule is COc1ccc(Br)cc1CNc1ccc(NC(C)=O)cc1. The molecule has 0 radical (unpaired) electrons. The predicted molar refractivity (Wildman–Crippen MR) is 88.8 cm³/mol. The molecule has 0 saturated heterocycles. The van der Waals surface area contributed by atoms with Gasteiger partial charge in [0.25, 0.3) is 0 Å². The Kier molecular flexibility index (Phi) is 5.22. The lowest BCUT2D eigenvalue weighted by Crippen LogP contribution is -2.06. The van der Waals surface area contributed by atoms with E-state index in [9.17, 15) is 4.79 Å². The van der Waals surface area contributed by atoms with E-state index in [-0.39, 0.29) is 5.91 Å². The lowest BCUT2D eigenvalue weighted by Gasteiger charge is -2.11. The number of hydrogen-bond donors (Lipinski definition) is 2. The van der Waals surface area contributed by atoms with Crippen LogP contribution in [0, 0.1) is 0 Å². The van der Waals surface area contributed by atoms with Crippen LogP contribution in [-0.4, -0.2) is 13.0 Å². The summed E-state index contributed by atoms with van der Waals surface area (Å²) in [6.45, 7) is 2.15. The Bertz CT molecular complexity index is 627. The number of carbonyl (C=O) groups excluding carboxylic acids is 1. The van der Waals surface area contributed by atoms with Gasteiger partial charge in [-0.2, -0.15) is 0 Å². The average molecular weight is 349 g/mol. The quantitative estimate of drug-likeness (QED) is 0.857. The largest absolute Gasteiger partial charge is 0.496 e. The molecule has 5 heteroatoms. The van der Waals surface area contributed by atoms with Gasteiger partial charge in [-0.05, 0) is 42.5 Å². The number of methoxy groups -OCH3 is 1. The first-order valence-corrected chi connectivity index (χ1v) is 7.31. The molecule has 0 fully saturated rings. The molecule has 2 N–H and O–H groups in total. The van der Waals surface area contributed by atoms with Crippen molar-refractivity contribution >= 4 is 33.2 Å². The van der Waals surface area contributed by atoms with Crippen molar-refractivity contribution in [2.24, 2.45) is 0 Å². The molecule has 21 heavy (non-hydrogen) atoms. The summed E-state index contributed by atoms with van der Waals surface area (Å²) < 4.78 is 6.36. The maximum Gasteiger partial charge on any atom is 0.221 e. The summed E-state index contributed by atoms with van der Waals surface area (Å²) in [7, 11) is 1.66. The number of benzene rings is 2. The summed E-state index contributed by atoms with van der Waals surface area (Å²) in [4.78, 5) is 11.0. The maximum atomic E-state index is 11.0. The molecule has 0 saturated carbocycles. The highest BCUT2D eigenvalue weighted by molar-refractivity contribution is 9.10. The molecule has 1 amide bonds. The lowest BCUT2D eigenvalue weighted by molar-refractivity contribution is -0.114. The summed E-state index contributed by atoms with van der Waals surface area (Å²) in [5.74, 6) is 0.773. The van der Waals surface area contributed by atoms with Crippen LogP contribution in [0.3, 0.4) is 0 Å². The van der Waals surface area contributed by atoms with Gasteiger partial charge in [0, 0.05) is 34.9 Å². The second-order valence-electron chi connectivity index (χ2n) is 4.57. The minimum Gasteiger partial charge on any atom is -0.496 e. The van der Waals surface area contributed by atoms with Crippen LogP contribution in [0.25, 0.3) is 0 Å². The molecule has 0 aliphatic carbocycles. The Morgan fingerprint density at radius 3 is 2.43 bits per heavy atom. The molecule has 2 rings (SSSR count). The van der Waals surface area contributed by atoms with Crippen LogP contribution >= 0.6 is 15.9 Å². The van der Waals surface area contributed by atoms with E-state index < -0.39 is 0 Å². The van der Waals surface area contributed by atoms with E-state index in [1.54, 1.807) is 7.11 Å². The van der Waals surface area contributed by atoms with Gasteiger partial charge in [0.1, 0.15) is 5.75 Å². The second kappa shape index (κ2) is 7.13. The number of nitrogens with one attached hydrogen (secondary N) is 2. The van der Waals surface area contributed by atoms with Gasteiger partial charge in [0.05, 0.1) is 7.11 Å². The summed E-state index contributed by atoms with van der Waals surface area (Å²) in [6, 6.07) is 13.5. The molecule has 0 bridgehead atoms. The molecule has 2 aromatic rings. The first-order valence-electron chi connectivity index (χ1n) is 6.52. The fourth-order valence-corrected chi connectivity index (χ4v) is 2.37. The standard InChI is InChI=1S/C16H17BrN2O2/c1-11(20)19-15-6-4-14(5-7-15)18-10-12-9-13(17)3-8-16(12)21-2/h3-9,18H,10H2,1-2H3,(H,19,20). The Morgan fingerprint density at radius 1 is 1.14 bits per heavy atom. The van der Waals surface area contributed by atoms with Gasteiger partial charge in [-0.25, -0.2) is 0 Å². The minimum absolute atomic E-state index is 0.0745. The Balaban J connectivity index is 2.03. The van der Waals surface area contributed by atoms with Crippen molar-refractivity contribution in [1.82, 2.24) is 0 Å². The van der Waals surface area contributed by atoms with Crippen LogP contribution in [-0.2, 0) is 11.3 Å². The van der Waals surface area contributed by atoms with Gasteiger partial charge in [0.2, 0.25) is 5.91 Å². The summed E-state index contributed by atoms with van der Waals surface area (Å²) >= 11 is 3.46. The summed E-state index contributed by atoms with van der Waals surface area (Å²) in [6.07, 6.45) is 0. The fraction of sp³-hybridized carbons (Fsp3) is 0.188. The molecule has 0 aliphatic rings. The first kappa shape index (κ1) is 15.4. The molecule has 110 valence electrons. The van der Waals surface area contributed by atoms with Crippen LogP contribution in [0.1, 0.15) is 12.5 Å². The third-order valence-corrected chi connectivity index (χ3v) is 3.42. The van der Waals surface area contributed by atoms with Crippen LogP contribution in [0.4, 0.5) is 11.4 Å². The molecular formula is C16H17BrN2O2. The Labute approximate surface area is 132 Å². The zero-order chi connectivity index (χ0) is 15.2. The Hall–Kier alpha value is -2.01. The molecule has 0 heterocycles. The third kappa shape index (κ3) is 4.49. The normalized spacial score (nSPS) is 10.0. The molecule has 0 unspecified atom stereocenters. The number of amides is 1. The molecular weight excluding hydrogens is 332 g/mol. The van der Waals surface area contributed by atoms with Crippen molar-refractivity contribution in [2.75, 3.05) is 17.7 Å². The van der Waals surface area contributed by atoms with Gasteiger partial charge in [-0.15, -0.1) is 0 Å². The molecule has 0 aromatic heterocycles. The van der Waals surface area contributed by atoms with Gasteiger partial charge < -0.3 is 15.4 Å².